The lowest BCUT2D eigenvalue weighted by Crippen LogP contribution is -2.37. The highest BCUT2D eigenvalue weighted by Crippen LogP contribution is 2.34. The fourth-order valence-electron chi connectivity index (χ4n) is 4.71. The maximum Gasteiger partial charge on any atom is 0.200 e. The lowest BCUT2D eigenvalue weighted by atomic mass is 9.79. The number of rotatable bonds is 7. The van der Waals surface area contributed by atoms with Gasteiger partial charge in [-0.25, -0.2) is 8.42 Å². The van der Waals surface area contributed by atoms with Gasteiger partial charge in [0.25, 0.3) is 0 Å². The molecule has 176 valence electrons. The predicted octanol–water partition coefficient (Wildman–Crippen LogP) is 5.47. The third-order valence-corrected chi connectivity index (χ3v) is 10.4. The largest absolute Gasteiger partial charge is 0.456 e. The predicted molar refractivity (Wildman–Crippen MR) is 132 cm³/mol. The second-order valence-corrected chi connectivity index (χ2v) is 12.7. The summed E-state index contributed by atoms with van der Waals surface area (Å²) < 4.78 is 30.7. The van der Waals surface area contributed by atoms with Crippen molar-refractivity contribution in [1.29, 1.82) is 0 Å². The van der Waals surface area contributed by atoms with Crippen LogP contribution in [0, 0.1) is 11.8 Å². The van der Waals surface area contributed by atoms with Crippen LogP contribution in [-0.2, 0) is 21.1 Å². The van der Waals surface area contributed by atoms with Crippen LogP contribution in [0.1, 0.15) is 58.4 Å². The van der Waals surface area contributed by atoms with Crippen LogP contribution in [0.4, 0.5) is 0 Å². The van der Waals surface area contributed by atoms with Crippen LogP contribution >= 0.6 is 0 Å². The molecule has 1 heterocycles. The third-order valence-electron chi connectivity index (χ3n) is 7.47. The summed E-state index contributed by atoms with van der Waals surface area (Å²) in [5.74, 6) is 0.482. The van der Waals surface area contributed by atoms with E-state index in [-0.39, 0.29) is 28.8 Å². The first-order valence-corrected chi connectivity index (χ1v) is 13.5. The van der Waals surface area contributed by atoms with Gasteiger partial charge in [-0.1, -0.05) is 25.1 Å². The van der Waals surface area contributed by atoms with Gasteiger partial charge >= 0.3 is 0 Å². The van der Waals surface area contributed by atoms with Gasteiger partial charge < -0.3 is 4.42 Å². The van der Waals surface area contributed by atoms with E-state index in [1.54, 1.807) is 38.1 Å². The van der Waals surface area contributed by atoms with E-state index in [9.17, 15) is 18.0 Å². The number of sulfone groups is 1. The second kappa shape index (κ2) is 9.05. The molecule has 0 spiro atoms. The van der Waals surface area contributed by atoms with Crippen molar-refractivity contribution in [2.45, 2.75) is 64.0 Å². The molecule has 6 heteroatoms. The van der Waals surface area contributed by atoms with Crippen LogP contribution < -0.4 is 5.43 Å². The van der Waals surface area contributed by atoms with Crippen molar-refractivity contribution >= 4 is 37.6 Å². The van der Waals surface area contributed by atoms with E-state index in [1.165, 1.54) is 0 Å². The number of hydrogen-bond acceptors (Lipinski definition) is 5. The van der Waals surface area contributed by atoms with E-state index < -0.39 is 14.6 Å². The van der Waals surface area contributed by atoms with Crippen LogP contribution in [0.15, 0.2) is 51.7 Å². The molecular formula is C27H32O5S. The molecule has 0 bridgehead atoms. The minimum atomic E-state index is -3.16. The minimum absolute atomic E-state index is 0.0394. The van der Waals surface area contributed by atoms with E-state index in [0.717, 1.165) is 31.2 Å². The Kier molecular flexibility index (Phi) is 6.50. The number of Topliss-reactive ketones (excluding diaryl/α,β-unsaturated/α-hetero) is 1. The van der Waals surface area contributed by atoms with Gasteiger partial charge in [-0.05, 0) is 81.7 Å². The zero-order valence-electron chi connectivity index (χ0n) is 19.6. The summed E-state index contributed by atoms with van der Waals surface area (Å²) in [6, 6.07) is 12.5. The Labute approximate surface area is 195 Å². The molecule has 0 saturated heterocycles. The lowest BCUT2D eigenvalue weighted by Gasteiger charge is -2.31. The van der Waals surface area contributed by atoms with Crippen molar-refractivity contribution in [1.82, 2.24) is 0 Å². The fourth-order valence-corrected chi connectivity index (χ4v) is 6.55. The van der Waals surface area contributed by atoms with Crippen LogP contribution in [0.3, 0.4) is 0 Å². The Balaban J connectivity index is 1.42. The SMILES string of the molecule is CCC(C)(C)S(=O)(=O)CC1CCC(C(=O)Cc2ccc3c(=O)c4ccccc4oc3c2)CC1. The van der Waals surface area contributed by atoms with E-state index in [2.05, 4.69) is 0 Å². The highest BCUT2D eigenvalue weighted by Gasteiger charge is 2.36. The summed E-state index contributed by atoms with van der Waals surface area (Å²) in [4.78, 5) is 25.7. The summed E-state index contributed by atoms with van der Waals surface area (Å²) in [7, 11) is -3.16. The van der Waals surface area contributed by atoms with Gasteiger partial charge in [-0.15, -0.1) is 0 Å². The Hall–Kier alpha value is -2.47. The van der Waals surface area contributed by atoms with Gasteiger partial charge in [0.15, 0.2) is 9.84 Å². The van der Waals surface area contributed by atoms with Gasteiger partial charge in [0.2, 0.25) is 5.43 Å². The zero-order valence-corrected chi connectivity index (χ0v) is 20.4. The van der Waals surface area contributed by atoms with Gasteiger partial charge in [0.05, 0.1) is 21.3 Å². The molecule has 0 N–H and O–H groups in total. The molecule has 4 rings (SSSR count). The van der Waals surface area contributed by atoms with Crippen molar-refractivity contribution in [3.63, 3.8) is 0 Å². The van der Waals surface area contributed by atoms with Crippen molar-refractivity contribution < 1.29 is 17.6 Å². The fraction of sp³-hybridized carbons (Fsp3) is 0.481. The summed E-state index contributed by atoms with van der Waals surface area (Å²) >= 11 is 0. The van der Waals surface area contributed by atoms with E-state index >= 15 is 0 Å². The van der Waals surface area contributed by atoms with E-state index in [1.807, 2.05) is 25.1 Å². The van der Waals surface area contributed by atoms with Crippen molar-refractivity contribution in [3.05, 3.63) is 58.3 Å². The smallest absolute Gasteiger partial charge is 0.200 e. The number of para-hydroxylation sites is 1. The van der Waals surface area contributed by atoms with Crippen molar-refractivity contribution in [2.75, 3.05) is 5.75 Å². The number of ketones is 1. The summed E-state index contributed by atoms with van der Waals surface area (Å²) in [5, 5.41) is 1.07. The summed E-state index contributed by atoms with van der Waals surface area (Å²) in [6.45, 7) is 5.51. The summed E-state index contributed by atoms with van der Waals surface area (Å²) in [6.07, 6.45) is 3.91. The number of carbonyl (C=O) groups is 1. The van der Waals surface area contributed by atoms with Crippen LogP contribution in [0.5, 0.6) is 0 Å². The highest BCUT2D eigenvalue weighted by atomic mass is 32.2. The quantitative estimate of drug-likeness (QED) is 0.430. The zero-order chi connectivity index (χ0) is 23.8. The summed E-state index contributed by atoms with van der Waals surface area (Å²) in [5.41, 5.74) is 1.80. The number of fused-ring (bicyclic) bond motifs is 2. The minimum Gasteiger partial charge on any atom is -0.456 e. The molecule has 0 unspecified atom stereocenters. The van der Waals surface area contributed by atoms with Gasteiger partial charge in [-0.2, -0.15) is 0 Å². The molecule has 1 aliphatic rings. The molecule has 2 aromatic carbocycles. The standard InChI is InChI=1S/C27H32O5S/c1-4-27(2,3)33(30,31)17-18-9-12-20(13-10-18)23(28)15-19-11-14-22-25(16-19)32-24-8-6-5-7-21(24)26(22)29/h5-8,11,14,16,18,20H,4,9-10,12-13,15,17H2,1-3H3. The molecule has 0 radical (unpaired) electrons. The third kappa shape index (κ3) is 4.77. The Morgan fingerprint density at radius 2 is 1.67 bits per heavy atom. The number of hydrogen-bond donors (Lipinski definition) is 0. The maximum atomic E-state index is 13.0. The number of carbonyl (C=O) groups excluding carboxylic acids is 1. The molecule has 0 atom stereocenters. The molecule has 0 amide bonds. The normalized spacial score (nSPS) is 19.7. The van der Waals surface area contributed by atoms with Crippen molar-refractivity contribution in [2.24, 2.45) is 11.8 Å². The number of benzene rings is 2. The molecule has 1 aromatic heterocycles. The monoisotopic (exact) mass is 468 g/mol. The van der Waals surface area contributed by atoms with Crippen molar-refractivity contribution in [3.8, 4) is 0 Å². The van der Waals surface area contributed by atoms with Gasteiger partial charge in [0.1, 0.15) is 16.9 Å². The lowest BCUT2D eigenvalue weighted by molar-refractivity contribution is -0.123. The highest BCUT2D eigenvalue weighted by molar-refractivity contribution is 7.92. The maximum absolute atomic E-state index is 13.0. The Bertz CT molecular complexity index is 1340. The molecule has 1 fully saturated rings. The Morgan fingerprint density at radius 3 is 2.36 bits per heavy atom. The van der Waals surface area contributed by atoms with E-state index in [4.69, 9.17) is 4.42 Å². The van der Waals surface area contributed by atoms with Crippen LogP contribution in [-0.4, -0.2) is 24.7 Å². The topological polar surface area (TPSA) is 81.4 Å². The first-order chi connectivity index (χ1) is 15.6. The average molecular weight is 469 g/mol. The Morgan fingerprint density at radius 1 is 1.00 bits per heavy atom. The molecule has 5 nitrogen and oxygen atoms in total. The first-order valence-electron chi connectivity index (χ1n) is 11.8. The molecular weight excluding hydrogens is 436 g/mol. The second-order valence-electron chi connectivity index (χ2n) is 10.0. The van der Waals surface area contributed by atoms with Crippen LogP contribution in [0.25, 0.3) is 21.9 Å². The average Bonchev–Trinajstić information content (AvgIpc) is 2.79. The van der Waals surface area contributed by atoms with Gasteiger partial charge in [0, 0.05) is 12.3 Å². The van der Waals surface area contributed by atoms with E-state index in [0.29, 0.717) is 34.8 Å². The van der Waals surface area contributed by atoms with Crippen LogP contribution in [0.2, 0.25) is 0 Å². The molecule has 1 aliphatic carbocycles. The first kappa shape index (κ1) is 23.7. The molecule has 1 saturated carbocycles. The molecule has 3 aromatic rings. The van der Waals surface area contributed by atoms with Gasteiger partial charge in [-0.3, -0.25) is 9.59 Å². The molecule has 0 aliphatic heterocycles. The molecule has 33 heavy (non-hydrogen) atoms.